The molecule has 1 heterocycles. The van der Waals surface area contributed by atoms with Crippen LogP contribution in [0.3, 0.4) is 0 Å². The molecule has 0 aromatic carbocycles. The van der Waals surface area contributed by atoms with Gasteiger partial charge in [0.2, 0.25) is 0 Å². The van der Waals surface area contributed by atoms with Gasteiger partial charge in [0.1, 0.15) is 6.61 Å². The van der Waals surface area contributed by atoms with E-state index in [1.165, 1.54) is 5.01 Å². The average molecular weight is 488 g/mol. The number of nitrogen functional groups attached to an aromatic ring is 1. The van der Waals surface area contributed by atoms with Crippen molar-refractivity contribution < 1.29 is 33.6 Å². The van der Waals surface area contributed by atoms with E-state index < -0.39 is 22.8 Å². The summed E-state index contributed by atoms with van der Waals surface area (Å²) in [6.07, 6.45) is 2.46. The van der Waals surface area contributed by atoms with Crippen molar-refractivity contribution >= 4 is 23.5 Å². The number of hydroxylamine groups is 2. The summed E-state index contributed by atoms with van der Waals surface area (Å²) in [5, 5.41) is 15.0. The van der Waals surface area contributed by atoms with E-state index >= 15 is 0 Å². The van der Waals surface area contributed by atoms with Gasteiger partial charge in [-0.3, -0.25) is 0 Å². The van der Waals surface area contributed by atoms with Crippen LogP contribution >= 0.6 is 0 Å². The molecule has 2 aliphatic carbocycles. The lowest BCUT2D eigenvalue weighted by molar-refractivity contribution is -1.10. The van der Waals surface area contributed by atoms with Crippen molar-refractivity contribution in [2.75, 3.05) is 38.6 Å². The highest BCUT2D eigenvalue weighted by Gasteiger charge is 2.38. The number of amides is 1. The number of esters is 2. The quantitative estimate of drug-likeness (QED) is 0.321. The van der Waals surface area contributed by atoms with Crippen LogP contribution in [0.15, 0.2) is 24.3 Å². The summed E-state index contributed by atoms with van der Waals surface area (Å²) >= 11 is 0. The molecule has 3 rings (SSSR count). The van der Waals surface area contributed by atoms with E-state index in [4.69, 9.17) is 20.0 Å². The van der Waals surface area contributed by atoms with Crippen LogP contribution in [0, 0.1) is 5.21 Å². The highest BCUT2D eigenvalue weighted by Crippen LogP contribution is 2.39. The Balaban J connectivity index is 2.01. The highest BCUT2D eigenvalue weighted by molar-refractivity contribution is 6.15. The first-order valence-electron chi connectivity index (χ1n) is 12.0. The van der Waals surface area contributed by atoms with Gasteiger partial charge in [-0.1, -0.05) is 35.6 Å². The standard InChI is InChI=1S/C25H33N3O7/c1-4-33-24(30)21-18-12-10-17(11-13-19(18)22(23(21)26)25(31)34-5-2)16-20(29)28(32,35-6-3)27-14-8-7-9-15-27/h10-13H,4-9,14-16,26H2,1-3H3. The van der Waals surface area contributed by atoms with Crippen LogP contribution in [0.1, 0.15) is 66.3 Å². The van der Waals surface area contributed by atoms with Crippen LogP contribution in [0.25, 0.3) is 11.1 Å². The second-order valence-electron chi connectivity index (χ2n) is 8.20. The van der Waals surface area contributed by atoms with E-state index in [1.54, 1.807) is 45.0 Å². The Morgan fingerprint density at radius 2 is 1.40 bits per heavy atom. The summed E-state index contributed by atoms with van der Waals surface area (Å²) in [5.41, 5.74) is 7.61. The Morgan fingerprint density at radius 3 is 1.86 bits per heavy atom. The van der Waals surface area contributed by atoms with E-state index in [2.05, 4.69) is 0 Å². The zero-order valence-corrected chi connectivity index (χ0v) is 20.5. The van der Waals surface area contributed by atoms with Gasteiger partial charge in [0.25, 0.3) is 0 Å². The summed E-state index contributed by atoms with van der Waals surface area (Å²) in [6.45, 7) is 6.34. The first kappa shape index (κ1) is 26.6. The molecule has 0 radical (unpaired) electrons. The van der Waals surface area contributed by atoms with E-state index in [9.17, 15) is 19.6 Å². The molecule has 1 fully saturated rings. The molecule has 2 N–H and O–H groups in total. The van der Waals surface area contributed by atoms with Gasteiger partial charge in [0, 0.05) is 0 Å². The molecule has 35 heavy (non-hydrogen) atoms. The molecular formula is C25H33N3O7. The number of nitrogens with zero attached hydrogens (tertiary/aromatic N) is 2. The number of ether oxygens (including phenoxy) is 2. The molecule has 10 heteroatoms. The lowest BCUT2D eigenvalue weighted by Gasteiger charge is -2.44. The van der Waals surface area contributed by atoms with E-state index in [0.717, 1.165) is 19.3 Å². The van der Waals surface area contributed by atoms with Crippen LogP contribution in [0.2, 0.25) is 0 Å². The fourth-order valence-corrected chi connectivity index (χ4v) is 4.33. The lowest BCUT2D eigenvalue weighted by Crippen LogP contribution is -2.61. The Bertz CT molecular complexity index is 996. The molecule has 0 spiro atoms. The number of hydrogen-bond donors (Lipinski definition) is 1. The molecule has 1 aliphatic heterocycles. The number of anilines is 1. The molecule has 0 aromatic rings. The van der Waals surface area contributed by atoms with E-state index in [0.29, 0.717) is 29.8 Å². The van der Waals surface area contributed by atoms with Crippen molar-refractivity contribution in [3.8, 4) is 11.1 Å². The summed E-state index contributed by atoms with van der Waals surface area (Å²) in [4.78, 5) is 42.4. The van der Waals surface area contributed by atoms with Crippen molar-refractivity contribution in [2.45, 2.75) is 46.5 Å². The Morgan fingerprint density at radius 1 is 0.886 bits per heavy atom. The molecule has 1 amide bonds. The van der Waals surface area contributed by atoms with Crippen LogP contribution in [0.4, 0.5) is 5.69 Å². The third-order valence-corrected chi connectivity index (χ3v) is 5.93. The second kappa shape index (κ2) is 11.6. The molecule has 3 aliphatic rings. The Labute approximate surface area is 205 Å². The number of fused-ring (bicyclic) bond motifs is 1. The number of hydrogen-bond acceptors (Lipinski definition) is 9. The van der Waals surface area contributed by atoms with Crippen LogP contribution < -0.4 is 5.73 Å². The molecule has 1 unspecified atom stereocenters. The third kappa shape index (κ3) is 5.46. The zero-order valence-electron chi connectivity index (χ0n) is 20.5. The first-order valence-corrected chi connectivity index (χ1v) is 12.0. The van der Waals surface area contributed by atoms with Gasteiger partial charge < -0.3 is 20.4 Å². The number of rotatable bonds is 9. The van der Waals surface area contributed by atoms with E-state index in [-0.39, 0.29) is 43.1 Å². The fourth-order valence-electron chi connectivity index (χ4n) is 4.33. The number of piperidine rings is 1. The molecule has 0 aromatic heterocycles. The third-order valence-electron chi connectivity index (χ3n) is 5.93. The Kier molecular flexibility index (Phi) is 8.79. The van der Waals surface area contributed by atoms with Gasteiger partial charge in [-0.15, -0.1) is 5.01 Å². The summed E-state index contributed by atoms with van der Waals surface area (Å²) in [7, 11) is 0. The number of quaternary nitrogens is 1. The van der Waals surface area contributed by atoms with Gasteiger partial charge in [-0.05, 0) is 50.3 Å². The molecule has 1 saturated heterocycles. The fraction of sp³-hybridized carbons (Fsp3) is 0.480. The van der Waals surface area contributed by atoms with Gasteiger partial charge in [-0.25, -0.2) is 14.4 Å². The monoisotopic (exact) mass is 487 g/mol. The van der Waals surface area contributed by atoms with Gasteiger partial charge in [-0.2, -0.15) is 4.84 Å². The first-order chi connectivity index (χ1) is 16.8. The summed E-state index contributed by atoms with van der Waals surface area (Å²) in [5.74, 6) is -1.98. The topological polar surface area (TPSA) is 131 Å². The largest absolute Gasteiger partial charge is 0.570 e. The van der Waals surface area contributed by atoms with Crippen molar-refractivity contribution in [3.63, 3.8) is 0 Å². The minimum absolute atomic E-state index is 0.0163. The zero-order chi connectivity index (χ0) is 25.6. The Hall–Kier alpha value is -3.05. The summed E-state index contributed by atoms with van der Waals surface area (Å²) in [6, 6.07) is 6.46. The predicted octanol–water partition coefficient (Wildman–Crippen LogP) is 3.46. The minimum Gasteiger partial charge on any atom is -0.570 e. The summed E-state index contributed by atoms with van der Waals surface area (Å²) < 4.78 is 10.3. The van der Waals surface area contributed by atoms with E-state index in [1.807, 2.05) is 0 Å². The molecule has 0 bridgehead atoms. The van der Waals surface area contributed by atoms with Crippen LogP contribution in [-0.4, -0.2) is 60.7 Å². The van der Waals surface area contributed by atoms with Crippen molar-refractivity contribution in [1.82, 2.24) is 5.01 Å². The van der Waals surface area contributed by atoms with Gasteiger partial charge >= 0.3 is 17.8 Å². The minimum atomic E-state index is -1.46. The van der Waals surface area contributed by atoms with Gasteiger partial charge in [0.15, 0.2) is 0 Å². The maximum atomic E-state index is 13.5. The SMILES string of the molecule is CCOC(=O)c1c2ccc(CC(=O)[N+]([O-])(OCC)N3CCCCC3)ccc-2c(C(=O)OCC)c1N. The second-order valence-corrected chi connectivity index (χ2v) is 8.20. The molecule has 10 nitrogen and oxygen atoms in total. The number of carbonyl (C=O) groups excluding carboxylic acids is 3. The normalized spacial score (nSPS) is 16.0. The lowest BCUT2D eigenvalue weighted by atomic mass is 10.1. The molecule has 1 atom stereocenters. The molecule has 190 valence electrons. The van der Waals surface area contributed by atoms with Gasteiger partial charge in [0.05, 0.1) is 49.5 Å². The average Bonchev–Trinajstić information content (AvgIpc) is 2.97. The molecular weight excluding hydrogens is 454 g/mol. The number of nitrogens with two attached hydrogens (primary N) is 1. The predicted molar refractivity (Wildman–Crippen MR) is 129 cm³/mol. The molecule has 0 saturated carbocycles. The van der Waals surface area contributed by atoms with Crippen molar-refractivity contribution in [1.29, 1.82) is 0 Å². The van der Waals surface area contributed by atoms with Crippen LogP contribution in [-0.2, 0) is 25.5 Å². The smallest absolute Gasteiger partial charge is 0.370 e. The maximum Gasteiger partial charge on any atom is 0.370 e. The van der Waals surface area contributed by atoms with Crippen molar-refractivity contribution in [2.24, 2.45) is 0 Å². The maximum absolute atomic E-state index is 13.5. The number of carbonyl (C=O) groups is 3. The van der Waals surface area contributed by atoms with Crippen LogP contribution in [0.5, 0.6) is 0 Å². The van der Waals surface area contributed by atoms with Crippen molar-refractivity contribution in [3.05, 3.63) is 46.2 Å². The highest BCUT2D eigenvalue weighted by atomic mass is 17.0.